The second kappa shape index (κ2) is 13.2. The van der Waals surface area contributed by atoms with Crippen LogP contribution in [0.15, 0.2) is 66.9 Å². The molecular formula is C48H68N2O2. The van der Waals surface area contributed by atoms with Crippen LogP contribution in [0, 0.1) is 56.7 Å². The zero-order valence-corrected chi connectivity index (χ0v) is 34.0. The molecular weight excluding hydrogens is 637 g/mol. The zero-order valence-electron chi connectivity index (χ0n) is 34.0. The Bertz CT molecular complexity index is 1680. The van der Waals surface area contributed by atoms with Gasteiger partial charge in [-0.15, -0.1) is 0 Å². The monoisotopic (exact) mass is 705 g/mol. The van der Waals surface area contributed by atoms with Crippen molar-refractivity contribution in [3.05, 3.63) is 83.7 Å². The van der Waals surface area contributed by atoms with Crippen LogP contribution in [0.3, 0.4) is 0 Å². The molecule has 1 N–H and O–H groups in total. The molecule has 4 fully saturated rings. The van der Waals surface area contributed by atoms with Crippen LogP contribution in [-0.4, -0.2) is 29.6 Å². The number of nitrogens with one attached hydrogen (secondary N) is 1. The van der Waals surface area contributed by atoms with Crippen molar-refractivity contribution >= 4 is 11.5 Å². The summed E-state index contributed by atoms with van der Waals surface area (Å²) in [6.07, 6.45) is 17.4. The van der Waals surface area contributed by atoms with Gasteiger partial charge in [0.2, 0.25) is 0 Å². The third-order valence-corrected chi connectivity index (χ3v) is 16.4. The number of carbonyl (C=O) groups excluding carboxylic acids is 1. The van der Waals surface area contributed by atoms with Gasteiger partial charge in [0.15, 0.2) is 0 Å². The van der Waals surface area contributed by atoms with E-state index in [-0.39, 0.29) is 16.8 Å². The number of hydrogen-bond acceptors (Lipinski definition) is 4. The highest BCUT2D eigenvalue weighted by Gasteiger charge is 2.70. The predicted octanol–water partition coefficient (Wildman–Crippen LogP) is 11.5. The second-order valence-corrected chi connectivity index (χ2v) is 20.4. The SMILES string of the molecule is C=C(C)C1CCC2(CNCCc3ccccn3)CCC3(C)C(CCC4C5(C)CC=C(c6ccc(C(=O)OC(C)(C)C)cc6)C(C)(C)C5CCC43C)C12. The first kappa shape index (κ1) is 37.6. The van der Waals surface area contributed by atoms with E-state index in [2.05, 4.69) is 88.8 Å². The number of carbonyl (C=O) groups is 1. The lowest BCUT2D eigenvalue weighted by Crippen LogP contribution is -2.65. The van der Waals surface area contributed by atoms with Crippen LogP contribution in [0.2, 0.25) is 0 Å². The van der Waals surface area contributed by atoms with Crippen LogP contribution >= 0.6 is 0 Å². The third-order valence-electron chi connectivity index (χ3n) is 16.4. The van der Waals surface area contributed by atoms with Crippen LogP contribution in [0.1, 0.15) is 142 Å². The number of benzene rings is 1. The van der Waals surface area contributed by atoms with E-state index in [4.69, 9.17) is 4.74 Å². The lowest BCUT2D eigenvalue weighted by Gasteiger charge is -2.72. The van der Waals surface area contributed by atoms with Crippen molar-refractivity contribution < 1.29 is 9.53 Å². The summed E-state index contributed by atoms with van der Waals surface area (Å²) in [5.41, 5.74) is 6.85. The van der Waals surface area contributed by atoms with Crippen LogP contribution in [0.25, 0.3) is 5.57 Å². The average Bonchev–Trinajstić information content (AvgIpc) is 3.47. The molecule has 0 radical (unpaired) electrons. The molecule has 1 aromatic carbocycles. The molecule has 9 unspecified atom stereocenters. The summed E-state index contributed by atoms with van der Waals surface area (Å²) in [6.45, 7) is 28.1. The zero-order chi connectivity index (χ0) is 37.3. The summed E-state index contributed by atoms with van der Waals surface area (Å²) in [5.74, 6) is 3.24. The fraction of sp³-hybridized carbons (Fsp3) is 0.667. The van der Waals surface area contributed by atoms with Crippen LogP contribution in [-0.2, 0) is 11.2 Å². The fourth-order valence-electron chi connectivity index (χ4n) is 13.9. The van der Waals surface area contributed by atoms with Crippen molar-refractivity contribution in [1.29, 1.82) is 0 Å². The summed E-state index contributed by atoms with van der Waals surface area (Å²) >= 11 is 0. The second-order valence-electron chi connectivity index (χ2n) is 20.4. The van der Waals surface area contributed by atoms with Gasteiger partial charge in [0.05, 0.1) is 5.56 Å². The summed E-state index contributed by atoms with van der Waals surface area (Å²) in [6, 6.07) is 14.5. The van der Waals surface area contributed by atoms with Gasteiger partial charge in [-0.1, -0.05) is 71.0 Å². The fourth-order valence-corrected chi connectivity index (χ4v) is 13.9. The molecule has 9 atom stereocenters. The smallest absolute Gasteiger partial charge is 0.338 e. The highest BCUT2D eigenvalue weighted by Crippen LogP contribution is 2.77. The van der Waals surface area contributed by atoms with E-state index < -0.39 is 5.60 Å². The number of nitrogens with zero attached hydrogens (tertiary/aromatic N) is 1. The van der Waals surface area contributed by atoms with Crippen molar-refractivity contribution in [3.8, 4) is 0 Å². The maximum absolute atomic E-state index is 12.8. The van der Waals surface area contributed by atoms with E-state index in [0.717, 1.165) is 43.7 Å². The van der Waals surface area contributed by atoms with Gasteiger partial charge >= 0.3 is 5.97 Å². The number of rotatable bonds is 8. The molecule has 5 aliphatic carbocycles. The van der Waals surface area contributed by atoms with Crippen molar-refractivity contribution in [2.45, 2.75) is 132 Å². The number of ether oxygens (including phenoxy) is 1. The van der Waals surface area contributed by atoms with E-state index in [1.165, 1.54) is 73.8 Å². The van der Waals surface area contributed by atoms with E-state index in [9.17, 15) is 4.79 Å². The van der Waals surface area contributed by atoms with Gasteiger partial charge in [-0.25, -0.2) is 4.79 Å². The van der Waals surface area contributed by atoms with Crippen molar-refractivity contribution in [1.82, 2.24) is 10.3 Å². The Labute approximate surface area is 316 Å². The Kier molecular flexibility index (Phi) is 9.57. The predicted molar refractivity (Wildman–Crippen MR) is 215 cm³/mol. The Hall–Kier alpha value is -2.72. The number of aromatic nitrogens is 1. The molecule has 4 saturated carbocycles. The lowest BCUT2D eigenvalue weighted by atomic mass is 9.32. The van der Waals surface area contributed by atoms with E-state index >= 15 is 0 Å². The summed E-state index contributed by atoms with van der Waals surface area (Å²) in [5, 5.41) is 3.99. The minimum atomic E-state index is -0.498. The third kappa shape index (κ3) is 6.06. The molecule has 7 rings (SSSR count). The molecule has 0 bridgehead atoms. The van der Waals surface area contributed by atoms with Crippen LogP contribution in [0.4, 0.5) is 0 Å². The Morgan fingerprint density at radius 3 is 2.33 bits per heavy atom. The molecule has 4 nitrogen and oxygen atoms in total. The largest absolute Gasteiger partial charge is 0.456 e. The lowest BCUT2D eigenvalue weighted by molar-refractivity contribution is -0.225. The maximum Gasteiger partial charge on any atom is 0.338 e. The molecule has 1 heterocycles. The molecule has 0 amide bonds. The molecule has 0 aliphatic heterocycles. The number of fused-ring (bicyclic) bond motifs is 7. The van der Waals surface area contributed by atoms with Gasteiger partial charge in [-0.2, -0.15) is 0 Å². The number of pyridine rings is 1. The van der Waals surface area contributed by atoms with E-state index in [1.54, 1.807) is 0 Å². The van der Waals surface area contributed by atoms with Gasteiger partial charge < -0.3 is 10.1 Å². The molecule has 1 aromatic heterocycles. The summed E-state index contributed by atoms with van der Waals surface area (Å²) < 4.78 is 5.66. The summed E-state index contributed by atoms with van der Waals surface area (Å²) in [7, 11) is 0. The Morgan fingerprint density at radius 1 is 0.904 bits per heavy atom. The minimum absolute atomic E-state index is 0.0542. The van der Waals surface area contributed by atoms with Crippen molar-refractivity contribution in [3.63, 3.8) is 0 Å². The van der Waals surface area contributed by atoms with Crippen molar-refractivity contribution in [2.75, 3.05) is 13.1 Å². The average molecular weight is 705 g/mol. The molecule has 282 valence electrons. The first-order valence-electron chi connectivity index (χ1n) is 20.8. The highest BCUT2D eigenvalue weighted by molar-refractivity contribution is 5.90. The quantitative estimate of drug-likeness (QED) is 0.169. The molecule has 0 saturated heterocycles. The summed E-state index contributed by atoms with van der Waals surface area (Å²) in [4.78, 5) is 17.4. The van der Waals surface area contributed by atoms with Crippen molar-refractivity contribution in [2.24, 2.45) is 56.7 Å². The van der Waals surface area contributed by atoms with Crippen LogP contribution < -0.4 is 5.32 Å². The van der Waals surface area contributed by atoms with E-state index in [0.29, 0.717) is 33.6 Å². The van der Waals surface area contributed by atoms with Gasteiger partial charge in [0, 0.05) is 31.4 Å². The molecule has 2 aromatic rings. The van der Waals surface area contributed by atoms with Gasteiger partial charge in [-0.05, 0) is 178 Å². The van der Waals surface area contributed by atoms with Gasteiger partial charge in [0.25, 0.3) is 0 Å². The minimum Gasteiger partial charge on any atom is -0.456 e. The molecule has 52 heavy (non-hydrogen) atoms. The Morgan fingerprint density at radius 2 is 1.65 bits per heavy atom. The highest BCUT2D eigenvalue weighted by atomic mass is 16.6. The first-order valence-corrected chi connectivity index (χ1v) is 20.8. The normalized spacial score (nSPS) is 37.9. The van der Waals surface area contributed by atoms with E-state index in [1.807, 2.05) is 45.2 Å². The first-order chi connectivity index (χ1) is 24.5. The Balaban J connectivity index is 1.13. The number of hydrogen-bond donors (Lipinski definition) is 1. The standard InChI is InChI=1S/C48H68N2O2/c1-32(2)36-20-26-48(31-49-30-23-35-13-11-12-29-50-35)28-27-46(9)38(41(36)48)18-19-40-45(8)24-21-37(44(6,7)39(45)22-25-47(40,46)10)33-14-16-34(17-15-33)42(51)52-43(3,4)5/h11-17,21,29,36,38-41,49H,1,18-20,22-28,30-31H2,2-10H3. The number of allylic oxidation sites excluding steroid dienone is 3. The molecule has 0 spiro atoms. The topological polar surface area (TPSA) is 51.2 Å². The maximum atomic E-state index is 12.8. The molecule has 4 heteroatoms. The molecule has 5 aliphatic rings. The van der Waals surface area contributed by atoms with Gasteiger partial charge in [0.1, 0.15) is 5.60 Å². The van der Waals surface area contributed by atoms with Crippen LogP contribution in [0.5, 0.6) is 0 Å². The number of esters is 1. The van der Waals surface area contributed by atoms with Gasteiger partial charge in [-0.3, -0.25) is 4.98 Å².